The quantitative estimate of drug-likeness (QED) is 0.694. The van der Waals surface area contributed by atoms with Crippen LogP contribution in [0.15, 0.2) is 4.79 Å². The molecule has 0 radical (unpaired) electrons. The largest absolute Gasteiger partial charge is 0.345 e. The number of hydrogen-bond donors (Lipinski definition) is 0. The second-order valence-corrected chi connectivity index (χ2v) is 2.43. The van der Waals surface area contributed by atoms with Crippen LogP contribution in [0.1, 0.15) is 33.5 Å². The summed E-state index contributed by atoms with van der Waals surface area (Å²) in [7, 11) is 1.75. The van der Waals surface area contributed by atoms with Crippen LogP contribution in [0.2, 0.25) is 0 Å². The molecule has 1 aromatic heterocycles. The fourth-order valence-corrected chi connectivity index (χ4v) is 1.05. The van der Waals surface area contributed by atoms with Crippen molar-refractivity contribution in [1.82, 2.24) is 14.3 Å². The standard InChI is InChI=1S/C7H13N3O.C2H6/c1-4-6-8-10(5-2)7(11)9(6)3;1-2/h4-5H2,1-3H3;1-2H3. The molecular weight excluding hydrogens is 166 g/mol. The normalized spacial score (nSPS) is 9.31. The van der Waals surface area contributed by atoms with Crippen molar-refractivity contribution in [1.29, 1.82) is 0 Å². The molecule has 0 aliphatic heterocycles. The van der Waals surface area contributed by atoms with Gasteiger partial charge in [0.05, 0.1) is 0 Å². The van der Waals surface area contributed by atoms with Gasteiger partial charge in [-0.1, -0.05) is 20.8 Å². The fourth-order valence-electron chi connectivity index (χ4n) is 1.05. The molecule has 0 bridgehead atoms. The molecule has 4 heteroatoms. The Morgan fingerprint density at radius 3 is 2.08 bits per heavy atom. The molecule has 0 saturated carbocycles. The van der Waals surface area contributed by atoms with Gasteiger partial charge in [-0.2, -0.15) is 5.10 Å². The van der Waals surface area contributed by atoms with Crippen LogP contribution >= 0.6 is 0 Å². The Hall–Kier alpha value is -1.06. The Labute approximate surface area is 79.2 Å². The van der Waals surface area contributed by atoms with Crippen LogP contribution in [0.5, 0.6) is 0 Å². The summed E-state index contributed by atoms with van der Waals surface area (Å²) in [6.45, 7) is 8.54. The van der Waals surface area contributed by atoms with E-state index >= 15 is 0 Å². The highest BCUT2D eigenvalue weighted by Gasteiger charge is 2.05. The molecule has 0 atom stereocenters. The van der Waals surface area contributed by atoms with Gasteiger partial charge in [0.2, 0.25) is 0 Å². The minimum absolute atomic E-state index is 0.0237. The monoisotopic (exact) mass is 185 g/mol. The zero-order chi connectivity index (χ0) is 10.4. The molecule has 0 aliphatic rings. The molecule has 0 aromatic carbocycles. The first-order chi connectivity index (χ1) is 6.20. The molecule has 0 saturated heterocycles. The molecule has 0 unspecified atom stereocenters. The summed E-state index contributed by atoms with van der Waals surface area (Å²) in [6.07, 6.45) is 0.804. The van der Waals surface area contributed by atoms with E-state index in [9.17, 15) is 4.79 Å². The lowest BCUT2D eigenvalue weighted by atomic mass is 10.5. The van der Waals surface area contributed by atoms with Gasteiger partial charge >= 0.3 is 5.69 Å². The van der Waals surface area contributed by atoms with Crippen LogP contribution in [0.25, 0.3) is 0 Å². The third-order valence-electron chi connectivity index (χ3n) is 1.75. The van der Waals surface area contributed by atoms with Crippen molar-refractivity contribution >= 4 is 0 Å². The first-order valence-electron chi connectivity index (χ1n) is 4.83. The Bertz CT molecular complexity index is 298. The first-order valence-corrected chi connectivity index (χ1v) is 4.83. The minimum Gasteiger partial charge on any atom is -0.282 e. The summed E-state index contributed by atoms with van der Waals surface area (Å²) in [5.41, 5.74) is -0.0237. The van der Waals surface area contributed by atoms with Gasteiger partial charge in [-0.3, -0.25) is 4.57 Å². The topological polar surface area (TPSA) is 39.8 Å². The number of hydrogen-bond acceptors (Lipinski definition) is 2. The van der Waals surface area contributed by atoms with Crippen molar-refractivity contribution in [3.05, 3.63) is 16.3 Å². The van der Waals surface area contributed by atoms with Crippen LogP contribution in [0.3, 0.4) is 0 Å². The molecule has 76 valence electrons. The Morgan fingerprint density at radius 2 is 1.85 bits per heavy atom. The van der Waals surface area contributed by atoms with Crippen LogP contribution in [0.4, 0.5) is 0 Å². The van der Waals surface area contributed by atoms with Crippen LogP contribution in [-0.2, 0) is 20.0 Å². The summed E-state index contributed by atoms with van der Waals surface area (Å²) in [5, 5.41) is 4.11. The van der Waals surface area contributed by atoms with Crippen LogP contribution in [-0.4, -0.2) is 14.3 Å². The SMILES string of the molecule is CC.CCc1nn(CC)c(=O)n1C. The molecule has 0 N–H and O–H groups in total. The lowest BCUT2D eigenvalue weighted by Crippen LogP contribution is -2.22. The molecule has 0 amide bonds. The highest BCUT2D eigenvalue weighted by molar-refractivity contribution is 4.84. The predicted molar refractivity (Wildman–Crippen MR) is 53.9 cm³/mol. The Morgan fingerprint density at radius 1 is 1.31 bits per heavy atom. The maximum Gasteiger partial charge on any atom is 0.345 e. The van der Waals surface area contributed by atoms with E-state index in [4.69, 9.17) is 0 Å². The van der Waals surface area contributed by atoms with Gasteiger partial charge in [0, 0.05) is 20.0 Å². The van der Waals surface area contributed by atoms with Gasteiger partial charge < -0.3 is 0 Å². The Kier molecular flexibility index (Phi) is 5.11. The molecular formula is C9H19N3O. The second-order valence-electron chi connectivity index (χ2n) is 2.43. The molecule has 0 spiro atoms. The Balaban J connectivity index is 0.000000671. The molecule has 1 heterocycles. The number of aromatic nitrogens is 3. The lowest BCUT2D eigenvalue weighted by molar-refractivity contribution is 0.621. The van der Waals surface area contributed by atoms with E-state index in [0.29, 0.717) is 6.54 Å². The average Bonchev–Trinajstić information content (AvgIpc) is 2.47. The number of nitrogens with zero attached hydrogens (tertiary/aromatic N) is 3. The highest BCUT2D eigenvalue weighted by atomic mass is 16.2. The van der Waals surface area contributed by atoms with Gasteiger partial charge in [-0.25, -0.2) is 9.48 Å². The highest BCUT2D eigenvalue weighted by Crippen LogP contribution is 1.89. The van der Waals surface area contributed by atoms with E-state index < -0.39 is 0 Å². The van der Waals surface area contributed by atoms with Crippen molar-refractivity contribution < 1.29 is 0 Å². The van der Waals surface area contributed by atoms with Gasteiger partial charge in [0.25, 0.3) is 0 Å². The third-order valence-corrected chi connectivity index (χ3v) is 1.75. The van der Waals surface area contributed by atoms with Crippen molar-refractivity contribution in [3.63, 3.8) is 0 Å². The van der Waals surface area contributed by atoms with Gasteiger partial charge in [-0.15, -0.1) is 0 Å². The summed E-state index contributed by atoms with van der Waals surface area (Å²) in [4.78, 5) is 11.2. The number of rotatable bonds is 2. The fraction of sp³-hybridized carbons (Fsp3) is 0.778. The molecule has 13 heavy (non-hydrogen) atoms. The summed E-state index contributed by atoms with van der Waals surface area (Å²) in [5.74, 6) is 0.844. The summed E-state index contributed by atoms with van der Waals surface area (Å²) in [6, 6.07) is 0. The second kappa shape index (κ2) is 5.56. The smallest absolute Gasteiger partial charge is 0.282 e. The first kappa shape index (κ1) is 11.9. The van der Waals surface area contributed by atoms with Crippen molar-refractivity contribution in [2.75, 3.05) is 0 Å². The molecule has 0 fully saturated rings. The predicted octanol–water partition coefficient (Wildman–Crippen LogP) is 1.19. The van der Waals surface area contributed by atoms with Crippen molar-refractivity contribution in [3.8, 4) is 0 Å². The maximum atomic E-state index is 11.2. The van der Waals surface area contributed by atoms with E-state index in [1.165, 1.54) is 4.68 Å². The van der Waals surface area contributed by atoms with Gasteiger partial charge in [0.1, 0.15) is 5.82 Å². The van der Waals surface area contributed by atoms with Crippen molar-refractivity contribution in [2.45, 2.75) is 40.7 Å². The maximum absolute atomic E-state index is 11.2. The van der Waals surface area contributed by atoms with Crippen LogP contribution < -0.4 is 5.69 Å². The van der Waals surface area contributed by atoms with E-state index in [2.05, 4.69) is 5.10 Å². The number of aryl methyl sites for hydroxylation is 2. The molecule has 4 nitrogen and oxygen atoms in total. The van der Waals surface area contributed by atoms with E-state index in [0.717, 1.165) is 12.2 Å². The third kappa shape index (κ3) is 2.44. The summed E-state index contributed by atoms with van der Waals surface area (Å²) >= 11 is 0. The van der Waals surface area contributed by atoms with Crippen LogP contribution in [0, 0.1) is 0 Å². The van der Waals surface area contributed by atoms with E-state index in [1.54, 1.807) is 11.6 Å². The zero-order valence-corrected chi connectivity index (χ0v) is 9.16. The summed E-state index contributed by atoms with van der Waals surface area (Å²) < 4.78 is 3.06. The van der Waals surface area contributed by atoms with E-state index in [1.807, 2.05) is 27.7 Å². The molecule has 1 rings (SSSR count). The van der Waals surface area contributed by atoms with E-state index in [-0.39, 0.29) is 5.69 Å². The van der Waals surface area contributed by atoms with Crippen molar-refractivity contribution in [2.24, 2.45) is 7.05 Å². The molecule has 0 aliphatic carbocycles. The van der Waals surface area contributed by atoms with Gasteiger partial charge in [0.15, 0.2) is 0 Å². The zero-order valence-electron chi connectivity index (χ0n) is 9.16. The lowest BCUT2D eigenvalue weighted by Gasteiger charge is -1.89. The average molecular weight is 185 g/mol. The molecule has 1 aromatic rings. The van der Waals surface area contributed by atoms with Gasteiger partial charge in [-0.05, 0) is 6.92 Å². The minimum atomic E-state index is -0.0237.